The summed E-state index contributed by atoms with van der Waals surface area (Å²) < 4.78 is 51.1. The maximum Gasteiger partial charge on any atom is 0.416 e. The molecule has 0 amide bonds. The van der Waals surface area contributed by atoms with Gasteiger partial charge in [-0.05, 0) is 53.4 Å². The predicted octanol–water partition coefficient (Wildman–Crippen LogP) is 4.31. The highest BCUT2D eigenvalue weighted by molar-refractivity contribution is 5.68. The number of hydrogen-bond acceptors (Lipinski definition) is 1. The van der Waals surface area contributed by atoms with Crippen molar-refractivity contribution in [2.45, 2.75) is 19.7 Å². The lowest BCUT2D eigenvalue weighted by atomic mass is 9.96. The molecule has 0 fully saturated rings. The monoisotopic (exact) mass is 284 g/mol. The minimum absolute atomic E-state index is 0.158. The van der Waals surface area contributed by atoms with Crippen LogP contribution < -0.4 is 0 Å². The van der Waals surface area contributed by atoms with E-state index in [2.05, 4.69) is 0 Å². The van der Waals surface area contributed by atoms with Crippen molar-refractivity contribution < 1.29 is 22.7 Å². The van der Waals surface area contributed by atoms with Crippen LogP contribution in [-0.2, 0) is 12.8 Å². The Kier molecular flexibility index (Phi) is 3.81. The second kappa shape index (κ2) is 5.25. The topological polar surface area (TPSA) is 20.2 Å². The first-order valence-corrected chi connectivity index (χ1v) is 5.90. The molecule has 1 nitrogen and oxygen atoms in total. The molecule has 0 unspecified atom stereocenters. The minimum Gasteiger partial charge on any atom is -0.392 e. The van der Waals surface area contributed by atoms with E-state index in [0.717, 1.165) is 12.1 Å². The molecule has 2 aromatic rings. The summed E-state index contributed by atoms with van der Waals surface area (Å²) >= 11 is 0. The molecule has 0 aliphatic rings. The molecule has 0 saturated carbocycles. The molecule has 0 heterocycles. The van der Waals surface area contributed by atoms with Gasteiger partial charge in [-0.1, -0.05) is 12.1 Å². The Morgan fingerprint density at radius 2 is 1.75 bits per heavy atom. The van der Waals surface area contributed by atoms with E-state index in [9.17, 15) is 22.7 Å². The highest BCUT2D eigenvalue weighted by Crippen LogP contribution is 2.33. The van der Waals surface area contributed by atoms with Gasteiger partial charge in [0.25, 0.3) is 0 Å². The summed E-state index contributed by atoms with van der Waals surface area (Å²) in [5.74, 6) is -0.383. The average Bonchev–Trinajstić information content (AvgIpc) is 2.40. The van der Waals surface area contributed by atoms with Gasteiger partial charge in [0.1, 0.15) is 5.82 Å². The summed E-state index contributed by atoms with van der Waals surface area (Å²) in [6.07, 6.45) is -4.46. The van der Waals surface area contributed by atoms with Crippen molar-refractivity contribution in [3.8, 4) is 11.1 Å². The number of benzene rings is 2. The molecule has 0 aromatic heterocycles. The van der Waals surface area contributed by atoms with E-state index in [1.165, 1.54) is 24.3 Å². The van der Waals surface area contributed by atoms with Gasteiger partial charge in [-0.2, -0.15) is 13.2 Å². The fourth-order valence-electron chi connectivity index (χ4n) is 1.99. The third-order valence-electron chi connectivity index (χ3n) is 3.07. The van der Waals surface area contributed by atoms with Gasteiger partial charge < -0.3 is 5.11 Å². The zero-order chi connectivity index (χ0) is 14.9. The number of aryl methyl sites for hydroxylation is 1. The Morgan fingerprint density at radius 1 is 1.05 bits per heavy atom. The van der Waals surface area contributed by atoms with Crippen molar-refractivity contribution in [2.24, 2.45) is 0 Å². The van der Waals surface area contributed by atoms with E-state index in [1.807, 2.05) is 0 Å². The van der Waals surface area contributed by atoms with Crippen LogP contribution in [0.3, 0.4) is 0 Å². The lowest BCUT2D eigenvalue weighted by Gasteiger charge is -2.13. The zero-order valence-electron chi connectivity index (χ0n) is 10.6. The van der Waals surface area contributed by atoms with Gasteiger partial charge in [0.15, 0.2) is 0 Å². The fraction of sp³-hybridized carbons (Fsp3) is 0.200. The number of alkyl halides is 3. The van der Waals surface area contributed by atoms with E-state index >= 15 is 0 Å². The molecule has 0 spiro atoms. The molecule has 2 aromatic carbocycles. The number of aliphatic hydroxyl groups is 1. The summed E-state index contributed by atoms with van der Waals surface area (Å²) in [7, 11) is 0. The molecule has 5 heteroatoms. The quantitative estimate of drug-likeness (QED) is 0.815. The normalized spacial score (nSPS) is 11.7. The fourth-order valence-corrected chi connectivity index (χ4v) is 1.99. The van der Waals surface area contributed by atoms with Gasteiger partial charge in [0, 0.05) is 0 Å². The summed E-state index contributed by atoms with van der Waals surface area (Å²) in [6, 6.07) is 7.42. The van der Waals surface area contributed by atoms with Crippen molar-refractivity contribution in [2.75, 3.05) is 0 Å². The molecule has 0 atom stereocenters. The molecule has 0 bridgehead atoms. The summed E-state index contributed by atoms with van der Waals surface area (Å²) in [5.41, 5.74) is 0.770. The van der Waals surface area contributed by atoms with Crippen molar-refractivity contribution in [1.82, 2.24) is 0 Å². The van der Waals surface area contributed by atoms with Gasteiger partial charge >= 0.3 is 6.18 Å². The van der Waals surface area contributed by atoms with Gasteiger partial charge in [-0.25, -0.2) is 4.39 Å². The first-order valence-electron chi connectivity index (χ1n) is 5.90. The van der Waals surface area contributed by atoms with Gasteiger partial charge in [0.2, 0.25) is 0 Å². The van der Waals surface area contributed by atoms with E-state index in [-0.39, 0.29) is 11.4 Å². The molecule has 1 N–H and O–H groups in total. The third-order valence-corrected chi connectivity index (χ3v) is 3.07. The molecule has 106 valence electrons. The molecule has 0 aliphatic carbocycles. The highest BCUT2D eigenvalue weighted by atomic mass is 19.4. The van der Waals surface area contributed by atoms with Crippen LogP contribution in [0.2, 0.25) is 0 Å². The zero-order valence-corrected chi connectivity index (χ0v) is 10.6. The van der Waals surface area contributed by atoms with Crippen LogP contribution in [0.15, 0.2) is 36.4 Å². The van der Waals surface area contributed by atoms with Crippen LogP contribution in [-0.4, -0.2) is 5.11 Å². The second-order valence-corrected chi connectivity index (χ2v) is 4.49. The number of hydrogen-bond donors (Lipinski definition) is 1. The smallest absolute Gasteiger partial charge is 0.392 e. The SMILES string of the molecule is Cc1cc(-c2ccc(C(F)(F)F)cc2CO)ccc1F. The standard InChI is InChI=1S/C15H12F4O/c1-9-6-10(2-5-14(9)16)13-4-3-12(15(17,18)19)7-11(13)8-20/h2-7,20H,8H2,1H3. The van der Waals surface area contributed by atoms with Crippen molar-refractivity contribution in [1.29, 1.82) is 0 Å². The molecular weight excluding hydrogens is 272 g/mol. The number of aliphatic hydroxyl groups excluding tert-OH is 1. The Hall–Kier alpha value is -1.88. The Balaban J connectivity index is 2.54. The van der Waals surface area contributed by atoms with Gasteiger partial charge in [0.05, 0.1) is 12.2 Å². The number of halogens is 4. The van der Waals surface area contributed by atoms with Crippen molar-refractivity contribution >= 4 is 0 Å². The van der Waals surface area contributed by atoms with Crippen LogP contribution in [0.4, 0.5) is 17.6 Å². The summed E-state index contributed by atoms with van der Waals surface area (Å²) in [5, 5.41) is 9.25. The van der Waals surface area contributed by atoms with Crippen LogP contribution >= 0.6 is 0 Å². The maximum absolute atomic E-state index is 13.2. The first kappa shape index (κ1) is 14.5. The van der Waals surface area contributed by atoms with Crippen LogP contribution in [0.5, 0.6) is 0 Å². The molecule has 0 radical (unpaired) electrons. The lowest BCUT2D eigenvalue weighted by molar-refractivity contribution is -0.137. The van der Waals surface area contributed by atoms with Gasteiger partial charge in [-0.15, -0.1) is 0 Å². The van der Waals surface area contributed by atoms with E-state index in [4.69, 9.17) is 0 Å². The van der Waals surface area contributed by atoms with Crippen molar-refractivity contribution in [3.63, 3.8) is 0 Å². The molecular formula is C15H12F4O. The Morgan fingerprint density at radius 3 is 2.30 bits per heavy atom. The largest absolute Gasteiger partial charge is 0.416 e. The summed E-state index contributed by atoms with van der Waals surface area (Å²) in [6.45, 7) is 1.05. The van der Waals surface area contributed by atoms with Crippen LogP contribution in [0.1, 0.15) is 16.7 Å². The van der Waals surface area contributed by atoms with Gasteiger partial charge in [-0.3, -0.25) is 0 Å². The molecule has 20 heavy (non-hydrogen) atoms. The first-order chi connectivity index (χ1) is 9.32. The average molecular weight is 284 g/mol. The molecule has 2 rings (SSSR count). The van der Waals surface area contributed by atoms with E-state index in [1.54, 1.807) is 6.92 Å². The molecule has 0 saturated heterocycles. The molecule has 0 aliphatic heterocycles. The predicted molar refractivity (Wildman–Crippen MR) is 67.5 cm³/mol. The number of rotatable bonds is 2. The van der Waals surface area contributed by atoms with Crippen LogP contribution in [0.25, 0.3) is 11.1 Å². The van der Waals surface area contributed by atoms with Crippen LogP contribution in [0, 0.1) is 12.7 Å². The van der Waals surface area contributed by atoms with E-state index in [0.29, 0.717) is 16.7 Å². The second-order valence-electron chi connectivity index (χ2n) is 4.49. The minimum atomic E-state index is -4.46. The maximum atomic E-state index is 13.2. The Bertz CT molecular complexity index is 632. The van der Waals surface area contributed by atoms with E-state index < -0.39 is 18.3 Å². The third kappa shape index (κ3) is 2.82. The summed E-state index contributed by atoms with van der Waals surface area (Å²) in [4.78, 5) is 0. The Labute approximate surface area is 113 Å². The highest BCUT2D eigenvalue weighted by Gasteiger charge is 2.31. The lowest BCUT2D eigenvalue weighted by Crippen LogP contribution is -2.06. The van der Waals surface area contributed by atoms with Crippen molar-refractivity contribution in [3.05, 3.63) is 58.9 Å².